The average molecular weight is 757 g/mol. The first kappa shape index (κ1) is 24.4. The first-order valence-electron chi connectivity index (χ1n) is 7.80. The van der Waals surface area contributed by atoms with Crippen LogP contribution in [0.4, 0.5) is 13.2 Å². The number of rotatable bonds is 4. The lowest BCUT2D eigenvalue weighted by Crippen LogP contribution is -2.44. The van der Waals surface area contributed by atoms with Gasteiger partial charge in [-0.3, -0.25) is 4.79 Å². The molecule has 0 aliphatic heterocycles. The number of hydrogen-bond acceptors (Lipinski definition) is 5. The number of nitrogens with one attached hydrogen (secondary N) is 1. The molecule has 1 N–H and O–H groups in total. The van der Waals surface area contributed by atoms with Gasteiger partial charge in [0.05, 0.1) is 5.56 Å². The van der Waals surface area contributed by atoms with Crippen LogP contribution < -0.4 is 4.72 Å². The highest BCUT2D eigenvalue weighted by molar-refractivity contribution is 14.1. The molecule has 1 aliphatic rings. The van der Waals surface area contributed by atoms with E-state index in [0.29, 0.717) is 22.0 Å². The molecule has 0 saturated heterocycles. The maximum Gasteiger partial charge on any atom is 0.516 e. The summed E-state index contributed by atoms with van der Waals surface area (Å²) >= 11 is 6.17. The fraction of sp³-hybridized carbons (Fsp3) is 0.467. The predicted molar refractivity (Wildman–Crippen MR) is 119 cm³/mol. The van der Waals surface area contributed by atoms with Crippen LogP contribution in [0.25, 0.3) is 0 Å². The van der Waals surface area contributed by atoms with Gasteiger partial charge >= 0.3 is 21.5 Å². The van der Waals surface area contributed by atoms with Crippen LogP contribution in [-0.4, -0.2) is 31.9 Å². The highest BCUT2D eigenvalue weighted by atomic mass is 127. The van der Waals surface area contributed by atoms with Crippen molar-refractivity contribution < 1.29 is 35.9 Å². The van der Waals surface area contributed by atoms with Crippen molar-refractivity contribution in [2.45, 2.75) is 37.3 Å². The number of carbonyl (C=O) groups excluding carboxylic acids is 2. The fourth-order valence-electron chi connectivity index (χ4n) is 2.68. The summed E-state index contributed by atoms with van der Waals surface area (Å²) in [4.78, 5) is 24.5. The molecule has 156 valence electrons. The van der Waals surface area contributed by atoms with E-state index < -0.39 is 39.4 Å². The Morgan fingerprint density at radius 2 is 1.79 bits per heavy atom. The Labute approximate surface area is 200 Å². The molecule has 1 aromatic rings. The van der Waals surface area contributed by atoms with Crippen molar-refractivity contribution in [1.29, 1.82) is 0 Å². The molecule has 1 aromatic carbocycles. The largest absolute Gasteiger partial charge is 0.516 e. The molecule has 6 nitrogen and oxygen atoms in total. The van der Waals surface area contributed by atoms with Crippen molar-refractivity contribution >= 4 is 89.7 Å². The van der Waals surface area contributed by atoms with Crippen molar-refractivity contribution in [2.24, 2.45) is 5.92 Å². The number of sulfonamides is 1. The summed E-state index contributed by atoms with van der Waals surface area (Å²) in [7, 11) is -5.75. The molecule has 0 aromatic heterocycles. The highest BCUT2D eigenvalue weighted by Gasteiger charge is 2.48. The van der Waals surface area contributed by atoms with Gasteiger partial charge in [-0.1, -0.05) is 0 Å². The number of hydrogen-bond donors (Lipinski definition) is 1. The van der Waals surface area contributed by atoms with Gasteiger partial charge in [0.2, 0.25) is 5.91 Å². The Kier molecular flexibility index (Phi) is 8.25. The lowest BCUT2D eigenvalue weighted by atomic mass is 9.87. The summed E-state index contributed by atoms with van der Waals surface area (Å²) < 4.78 is 68.4. The van der Waals surface area contributed by atoms with E-state index in [1.807, 2.05) is 28.7 Å². The molecule has 0 heterocycles. The molecule has 0 bridgehead atoms. The number of alkyl halides is 3. The van der Waals surface area contributed by atoms with Gasteiger partial charge in [0.1, 0.15) is 6.10 Å². The van der Waals surface area contributed by atoms with E-state index in [1.54, 1.807) is 6.07 Å². The Bertz CT molecular complexity index is 892. The second-order valence-electron chi connectivity index (χ2n) is 6.06. The smallest absolute Gasteiger partial charge is 0.459 e. The summed E-state index contributed by atoms with van der Waals surface area (Å²) in [6.07, 6.45) is 0.355. The fourth-order valence-corrected chi connectivity index (χ4v) is 5.61. The average Bonchev–Trinajstić information content (AvgIpc) is 2.56. The van der Waals surface area contributed by atoms with E-state index in [2.05, 4.69) is 45.2 Å². The molecular formula is C15H13F3I3NO5S. The minimum atomic E-state index is -5.75. The summed E-state index contributed by atoms with van der Waals surface area (Å²) in [6, 6.07) is 3.55. The van der Waals surface area contributed by atoms with Gasteiger partial charge in [-0.05, 0) is 106 Å². The van der Waals surface area contributed by atoms with Crippen molar-refractivity contribution in [3.63, 3.8) is 0 Å². The van der Waals surface area contributed by atoms with Crippen LogP contribution in [0.15, 0.2) is 12.1 Å². The summed E-state index contributed by atoms with van der Waals surface area (Å²) in [5.74, 6) is -2.81. The van der Waals surface area contributed by atoms with Gasteiger partial charge in [0.15, 0.2) is 0 Å². The van der Waals surface area contributed by atoms with Gasteiger partial charge in [0, 0.05) is 16.6 Å². The van der Waals surface area contributed by atoms with Crippen LogP contribution in [0.2, 0.25) is 0 Å². The molecule has 1 fully saturated rings. The monoisotopic (exact) mass is 757 g/mol. The van der Waals surface area contributed by atoms with Crippen LogP contribution in [0, 0.1) is 16.6 Å². The number of esters is 1. The molecular weight excluding hydrogens is 744 g/mol. The van der Waals surface area contributed by atoms with Crippen LogP contribution >= 0.6 is 67.8 Å². The minimum Gasteiger partial charge on any atom is -0.459 e. The third kappa shape index (κ3) is 6.05. The van der Waals surface area contributed by atoms with Crippen LogP contribution in [0.1, 0.15) is 36.0 Å². The molecule has 2 rings (SSSR count). The standard InChI is InChI=1S/C15H13F3I3NO5S/c16-15(17,18)28(25,26)22-13(23)7-2-1-3-9(4-7)27-14(24)10-5-8(19)6-11(20)12(10)21/h5-7,9H,1-4H2,(H,22,23). The normalized spacial score (nSPS) is 20.5. The maximum atomic E-state index is 12.5. The number of carbonyl (C=O) groups is 2. The second kappa shape index (κ2) is 9.49. The van der Waals surface area contributed by atoms with E-state index >= 15 is 0 Å². The highest BCUT2D eigenvalue weighted by Crippen LogP contribution is 2.30. The Balaban J connectivity index is 2.06. The lowest BCUT2D eigenvalue weighted by Gasteiger charge is -2.28. The van der Waals surface area contributed by atoms with E-state index in [-0.39, 0.29) is 12.8 Å². The van der Waals surface area contributed by atoms with Gasteiger partial charge in [0.25, 0.3) is 0 Å². The van der Waals surface area contributed by atoms with Crippen LogP contribution in [0.3, 0.4) is 0 Å². The van der Waals surface area contributed by atoms with Gasteiger partial charge in [-0.15, -0.1) is 0 Å². The third-order valence-electron chi connectivity index (χ3n) is 4.02. The van der Waals surface area contributed by atoms with Gasteiger partial charge < -0.3 is 4.74 Å². The Morgan fingerprint density at radius 3 is 2.39 bits per heavy atom. The number of ether oxygens (including phenoxy) is 1. The second-order valence-corrected chi connectivity index (χ2v) is 11.2. The quantitative estimate of drug-likeness (QED) is 0.283. The van der Waals surface area contributed by atoms with Crippen molar-refractivity contribution in [3.05, 3.63) is 28.4 Å². The molecule has 28 heavy (non-hydrogen) atoms. The number of amides is 1. The zero-order valence-corrected chi connectivity index (χ0v) is 21.1. The van der Waals surface area contributed by atoms with E-state index in [9.17, 15) is 31.2 Å². The van der Waals surface area contributed by atoms with Gasteiger partial charge in [-0.25, -0.2) is 9.52 Å². The van der Waals surface area contributed by atoms with Crippen molar-refractivity contribution in [1.82, 2.24) is 4.72 Å². The molecule has 1 aliphatic carbocycles. The molecule has 0 radical (unpaired) electrons. The Hall–Kier alpha value is 0.0900. The first-order chi connectivity index (χ1) is 12.8. The topological polar surface area (TPSA) is 89.5 Å². The zero-order chi connectivity index (χ0) is 21.3. The lowest BCUT2D eigenvalue weighted by molar-refractivity contribution is -0.126. The molecule has 0 spiro atoms. The first-order valence-corrected chi connectivity index (χ1v) is 12.5. The number of benzene rings is 1. The van der Waals surface area contributed by atoms with E-state index in [0.717, 1.165) is 11.9 Å². The van der Waals surface area contributed by atoms with Gasteiger partial charge in [-0.2, -0.15) is 21.6 Å². The summed E-state index contributed by atoms with van der Waals surface area (Å²) in [6.45, 7) is 0. The molecule has 2 unspecified atom stereocenters. The summed E-state index contributed by atoms with van der Waals surface area (Å²) in [5, 5.41) is 0. The third-order valence-corrected chi connectivity index (χ3v) is 8.77. The summed E-state index contributed by atoms with van der Waals surface area (Å²) in [5.41, 5.74) is -5.20. The SMILES string of the molecule is O=C(OC1CCCC(C(=O)NS(=O)(=O)C(F)(F)F)C1)c1cc(I)cc(I)c1I. The zero-order valence-electron chi connectivity index (χ0n) is 13.9. The van der Waals surface area contributed by atoms with Crippen LogP contribution in [-0.2, 0) is 19.6 Å². The molecule has 2 atom stereocenters. The van der Waals surface area contributed by atoms with E-state index in [1.165, 1.54) is 0 Å². The predicted octanol–water partition coefficient (Wildman–Crippen LogP) is 4.18. The maximum absolute atomic E-state index is 12.5. The van der Waals surface area contributed by atoms with Crippen LogP contribution in [0.5, 0.6) is 0 Å². The Morgan fingerprint density at radius 1 is 1.14 bits per heavy atom. The minimum absolute atomic E-state index is 0.0391. The van der Waals surface area contributed by atoms with Crippen molar-refractivity contribution in [2.75, 3.05) is 0 Å². The molecule has 13 heteroatoms. The molecule has 1 saturated carbocycles. The molecule has 1 amide bonds. The number of halogens is 6. The van der Waals surface area contributed by atoms with Crippen molar-refractivity contribution in [3.8, 4) is 0 Å². The van der Waals surface area contributed by atoms with E-state index in [4.69, 9.17) is 4.74 Å².